The second kappa shape index (κ2) is 7.29. The van der Waals surface area contributed by atoms with Gasteiger partial charge in [0.25, 0.3) is 0 Å². The Kier molecular flexibility index (Phi) is 6.36. The number of benzene rings is 1. The number of halogens is 3. The van der Waals surface area contributed by atoms with Gasteiger partial charge in [-0.25, -0.2) is 4.39 Å². The Hall–Kier alpha value is -0.350. The van der Waals surface area contributed by atoms with Crippen molar-refractivity contribution in [2.75, 3.05) is 6.54 Å². The molecule has 0 amide bonds. The monoisotopic (exact) mass is 293 g/mol. The van der Waals surface area contributed by atoms with E-state index in [1.165, 1.54) is 12.1 Å². The molecule has 18 heavy (non-hydrogen) atoms. The Morgan fingerprint density at radius 2 is 2.06 bits per heavy atom. The molecule has 1 rings (SSSR count). The summed E-state index contributed by atoms with van der Waals surface area (Å²) in [6, 6.07) is 2.59. The van der Waals surface area contributed by atoms with Crippen LogP contribution in [-0.4, -0.2) is 17.8 Å². The molecule has 0 aliphatic heterocycles. The van der Waals surface area contributed by atoms with E-state index in [4.69, 9.17) is 23.2 Å². The van der Waals surface area contributed by atoms with E-state index in [2.05, 4.69) is 5.32 Å². The molecular weight excluding hydrogens is 276 g/mol. The zero-order chi connectivity index (χ0) is 13.7. The number of aliphatic hydroxyl groups excluding tert-OH is 1. The summed E-state index contributed by atoms with van der Waals surface area (Å²) in [6.07, 6.45) is 1.05. The summed E-state index contributed by atoms with van der Waals surface area (Å²) >= 11 is 11.9. The lowest BCUT2D eigenvalue weighted by Gasteiger charge is -2.18. The molecule has 5 heteroatoms. The molecule has 0 spiro atoms. The highest BCUT2D eigenvalue weighted by Gasteiger charge is 2.16. The molecule has 0 aliphatic carbocycles. The lowest BCUT2D eigenvalue weighted by Crippen LogP contribution is -2.24. The molecular formula is C13H18Cl2FNO. The van der Waals surface area contributed by atoms with E-state index in [9.17, 15) is 9.50 Å². The third kappa shape index (κ3) is 4.09. The van der Waals surface area contributed by atoms with Gasteiger partial charge in [0, 0.05) is 16.6 Å². The van der Waals surface area contributed by atoms with Gasteiger partial charge in [-0.2, -0.15) is 0 Å². The van der Waals surface area contributed by atoms with Crippen LogP contribution in [0.5, 0.6) is 0 Å². The van der Waals surface area contributed by atoms with E-state index in [-0.39, 0.29) is 17.2 Å². The minimum Gasteiger partial charge on any atom is -0.393 e. The molecule has 0 bridgehead atoms. The molecule has 2 unspecified atom stereocenters. The number of aliphatic hydroxyl groups is 1. The van der Waals surface area contributed by atoms with E-state index in [0.29, 0.717) is 23.6 Å². The molecule has 0 saturated heterocycles. The average molecular weight is 294 g/mol. The van der Waals surface area contributed by atoms with Crippen molar-refractivity contribution in [2.45, 2.75) is 38.8 Å². The van der Waals surface area contributed by atoms with Crippen molar-refractivity contribution in [3.63, 3.8) is 0 Å². The summed E-state index contributed by atoms with van der Waals surface area (Å²) < 4.78 is 13.4. The Morgan fingerprint density at radius 3 is 2.67 bits per heavy atom. The van der Waals surface area contributed by atoms with Crippen LogP contribution >= 0.6 is 23.2 Å². The Balaban J connectivity index is 2.67. The number of hydrogen-bond acceptors (Lipinski definition) is 2. The van der Waals surface area contributed by atoms with E-state index < -0.39 is 5.82 Å². The van der Waals surface area contributed by atoms with Crippen LogP contribution in [0.2, 0.25) is 10.0 Å². The summed E-state index contributed by atoms with van der Waals surface area (Å²) in [6.45, 7) is 4.42. The van der Waals surface area contributed by atoms with Crippen molar-refractivity contribution in [1.82, 2.24) is 5.32 Å². The second-order valence-electron chi connectivity index (χ2n) is 4.28. The molecule has 0 saturated carbocycles. The normalized spacial score (nSPS) is 14.6. The van der Waals surface area contributed by atoms with Gasteiger partial charge < -0.3 is 10.4 Å². The quantitative estimate of drug-likeness (QED) is 0.779. The average Bonchev–Trinajstić information content (AvgIpc) is 2.34. The van der Waals surface area contributed by atoms with Gasteiger partial charge >= 0.3 is 0 Å². The van der Waals surface area contributed by atoms with E-state index in [0.717, 1.165) is 6.42 Å². The number of nitrogens with one attached hydrogen (secondary N) is 1. The maximum absolute atomic E-state index is 13.4. The van der Waals surface area contributed by atoms with Gasteiger partial charge in [-0.05, 0) is 38.4 Å². The third-order valence-corrected chi connectivity index (χ3v) is 3.63. The molecule has 0 aliphatic rings. The van der Waals surface area contributed by atoms with Crippen molar-refractivity contribution in [3.8, 4) is 0 Å². The lowest BCUT2D eigenvalue weighted by molar-refractivity contribution is 0.159. The molecule has 1 aromatic carbocycles. The number of hydrogen-bond donors (Lipinski definition) is 2. The third-order valence-electron chi connectivity index (χ3n) is 2.91. The fraction of sp³-hybridized carbons (Fsp3) is 0.538. The first-order valence-corrected chi connectivity index (χ1v) is 6.77. The van der Waals surface area contributed by atoms with Crippen molar-refractivity contribution in [1.29, 1.82) is 0 Å². The molecule has 102 valence electrons. The van der Waals surface area contributed by atoms with Crippen LogP contribution in [0.3, 0.4) is 0 Å². The topological polar surface area (TPSA) is 32.3 Å². The first kappa shape index (κ1) is 15.7. The minimum absolute atomic E-state index is 0.0542. The summed E-state index contributed by atoms with van der Waals surface area (Å²) in [5.41, 5.74) is 0.560. The van der Waals surface area contributed by atoms with Crippen molar-refractivity contribution < 1.29 is 9.50 Å². The summed E-state index contributed by atoms with van der Waals surface area (Å²) in [5.74, 6) is -0.474. The van der Waals surface area contributed by atoms with Gasteiger partial charge in [0.05, 0.1) is 11.1 Å². The van der Waals surface area contributed by atoms with Crippen molar-refractivity contribution in [3.05, 3.63) is 33.6 Å². The van der Waals surface area contributed by atoms with Crippen LogP contribution in [0.15, 0.2) is 12.1 Å². The zero-order valence-electron chi connectivity index (χ0n) is 10.5. The van der Waals surface area contributed by atoms with E-state index >= 15 is 0 Å². The molecule has 2 N–H and O–H groups in total. The fourth-order valence-corrected chi connectivity index (χ4v) is 2.41. The van der Waals surface area contributed by atoms with Crippen LogP contribution in [-0.2, 0) is 0 Å². The first-order chi connectivity index (χ1) is 8.47. The van der Waals surface area contributed by atoms with E-state index in [1.54, 1.807) is 0 Å². The van der Waals surface area contributed by atoms with Gasteiger partial charge in [-0.1, -0.05) is 30.1 Å². The first-order valence-electron chi connectivity index (χ1n) is 6.02. The zero-order valence-corrected chi connectivity index (χ0v) is 12.0. The maximum atomic E-state index is 13.4. The molecule has 2 atom stereocenters. The van der Waals surface area contributed by atoms with Gasteiger partial charge in [0.1, 0.15) is 5.82 Å². The standard InChI is InChI=1S/C13H18Cl2FNO/c1-3-9(18)6-7-17-8(2)12-10(14)4-5-11(16)13(12)15/h4-5,8-9,17-18H,3,6-7H2,1-2H3. The van der Waals surface area contributed by atoms with Crippen LogP contribution < -0.4 is 5.32 Å². The summed E-state index contributed by atoms with van der Waals surface area (Å²) in [4.78, 5) is 0. The smallest absolute Gasteiger partial charge is 0.142 e. The highest BCUT2D eigenvalue weighted by molar-refractivity contribution is 6.36. The van der Waals surface area contributed by atoms with Gasteiger partial charge in [0.2, 0.25) is 0 Å². The Bertz CT molecular complexity index is 401. The predicted octanol–water partition coefficient (Wildman–Crippen LogP) is 3.94. The molecule has 1 aromatic rings. The molecule has 0 heterocycles. The summed E-state index contributed by atoms with van der Waals surface area (Å²) in [7, 11) is 0. The van der Waals surface area contributed by atoms with Gasteiger partial charge in [-0.3, -0.25) is 0 Å². The van der Waals surface area contributed by atoms with Gasteiger partial charge in [0.15, 0.2) is 0 Å². The number of rotatable bonds is 6. The largest absolute Gasteiger partial charge is 0.393 e. The SMILES string of the molecule is CCC(O)CCNC(C)c1c(Cl)ccc(F)c1Cl. The molecule has 2 nitrogen and oxygen atoms in total. The summed E-state index contributed by atoms with van der Waals surface area (Å²) in [5, 5.41) is 13.1. The van der Waals surface area contributed by atoms with Crippen molar-refractivity contribution >= 4 is 23.2 Å². The second-order valence-corrected chi connectivity index (χ2v) is 5.07. The molecule has 0 radical (unpaired) electrons. The maximum Gasteiger partial charge on any atom is 0.142 e. The molecule has 0 fully saturated rings. The highest BCUT2D eigenvalue weighted by atomic mass is 35.5. The van der Waals surface area contributed by atoms with Crippen LogP contribution in [0.25, 0.3) is 0 Å². The Labute approximate surface area is 117 Å². The predicted molar refractivity (Wildman–Crippen MR) is 73.8 cm³/mol. The van der Waals surface area contributed by atoms with Crippen molar-refractivity contribution in [2.24, 2.45) is 0 Å². The van der Waals surface area contributed by atoms with Gasteiger partial charge in [-0.15, -0.1) is 0 Å². The van der Waals surface area contributed by atoms with Crippen LogP contribution in [0.4, 0.5) is 4.39 Å². The molecule has 0 aromatic heterocycles. The fourth-order valence-electron chi connectivity index (χ4n) is 1.71. The van der Waals surface area contributed by atoms with E-state index in [1.807, 2.05) is 13.8 Å². The lowest BCUT2D eigenvalue weighted by atomic mass is 10.1. The minimum atomic E-state index is -0.474. The van der Waals surface area contributed by atoms with Crippen LogP contribution in [0.1, 0.15) is 38.3 Å². The Morgan fingerprint density at radius 1 is 1.39 bits per heavy atom. The van der Waals surface area contributed by atoms with Crippen LogP contribution in [0, 0.1) is 5.82 Å². The highest BCUT2D eigenvalue weighted by Crippen LogP contribution is 2.32.